The molecule has 0 atom stereocenters. The molecule has 5 heteroatoms. The summed E-state index contributed by atoms with van der Waals surface area (Å²) in [6.45, 7) is 4.17. The molecule has 0 bridgehead atoms. The normalized spacial score (nSPS) is 11.2. The molecule has 0 aromatic carbocycles. The van der Waals surface area contributed by atoms with Gasteiger partial charge in [-0.1, -0.05) is 18.3 Å². The van der Waals surface area contributed by atoms with Crippen molar-refractivity contribution in [2.75, 3.05) is 0 Å². The molecule has 0 saturated heterocycles. The largest absolute Gasteiger partial charge is 0.239 e. The summed E-state index contributed by atoms with van der Waals surface area (Å²) in [4.78, 5) is 9.11. The first-order chi connectivity index (χ1) is 5.79. The first-order valence-electron chi connectivity index (χ1n) is 3.72. The van der Waals surface area contributed by atoms with Gasteiger partial charge in [0.05, 0.1) is 5.69 Å². The Morgan fingerprint density at radius 3 is 2.92 bits per heavy atom. The van der Waals surface area contributed by atoms with Crippen molar-refractivity contribution in [2.45, 2.75) is 19.8 Å². The molecule has 0 saturated carbocycles. The summed E-state index contributed by atoms with van der Waals surface area (Å²) < 4.78 is 3.83. The molecule has 0 aliphatic carbocycles. The van der Waals surface area contributed by atoms with Crippen molar-refractivity contribution in [1.29, 1.82) is 0 Å². The maximum absolute atomic E-state index is 4.17. The van der Waals surface area contributed by atoms with Gasteiger partial charge in [0, 0.05) is 11.5 Å². The van der Waals surface area contributed by atoms with Gasteiger partial charge in [-0.15, -0.1) is 5.10 Å². The Bertz CT molecular complexity index is 395. The summed E-state index contributed by atoms with van der Waals surface area (Å²) in [5, 5.41) is 3.98. The molecule has 0 fully saturated rings. The van der Waals surface area contributed by atoms with E-state index in [4.69, 9.17) is 0 Å². The van der Waals surface area contributed by atoms with E-state index in [0.29, 0.717) is 5.92 Å². The van der Waals surface area contributed by atoms with Crippen LogP contribution in [-0.4, -0.2) is 19.6 Å². The average Bonchev–Trinajstić information content (AvgIpc) is 2.49. The highest BCUT2D eigenvalue weighted by Gasteiger charge is 2.09. The fourth-order valence-electron chi connectivity index (χ4n) is 1.06. The van der Waals surface area contributed by atoms with E-state index in [-0.39, 0.29) is 0 Å². The molecule has 62 valence electrons. The van der Waals surface area contributed by atoms with Gasteiger partial charge in [-0.25, -0.2) is 9.97 Å². The first-order valence-corrected chi connectivity index (χ1v) is 4.49. The predicted molar refractivity (Wildman–Crippen MR) is 47.1 cm³/mol. The van der Waals surface area contributed by atoms with Crippen LogP contribution in [0.5, 0.6) is 0 Å². The molecule has 0 amide bonds. The summed E-state index contributed by atoms with van der Waals surface area (Å²) in [5.74, 6) is 0.374. The molecule has 0 aliphatic rings. The highest BCUT2D eigenvalue weighted by Crippen LogP contribution is 2.20. The summed E-state index contributed by atoms with van der Waals surface area (Å²) in [6.07, 6.45) is 1.57. The van der Waals surface area contributed by atoms with Gasteiger partial charge in [0.15, 0.2) is 4.83 Å². The Morgan fingerprint density at radius 2 is 2.17 bits per heavy atom. The Labute approximate surface area is 73.8 Å². The second-order valence-corrected chi connectivity index (χ2v) is 3.57. The summed E-state index contributed by atoms with van der Waals surface area (Å²) in [5.41, 5.74) is 1.83. The third-order valence-electron chi connectivity index (χ3n) is 1.63. The zero-order valence-electron chi connectivity index (χ0n) is 6.85. The van der Waals surface area contributed by atoms with Crippen LogP contribution in [0, 0.1) is 0 Å². The summed E-state index contributed by atoms with van der Waals surface area (Å²) in [7, 11) is 0. The van der Waals surface area contributed by atoms with Crippen LogP contribution in [0.4, 0.5) is 0 Å². The molecular formula is C7H8N4S. The Balaban J connectivity index is 2.73. The standard InChI is InChI=1S/C7H8N4S/c1-4(2)5-6-7(9-3-8-5)12-11-10-6/h3-4H,1-2H3. The SMILES string of the molecule is CC(C)c1ncnc2snnc12. The lowest BCUT2D eigenvalue weighted by molar-refractivity contribution is 0.824. The number of hydrogen-bond acceptors (Lipinski definition) is 5. The topological polar surface area (TPSA) is 51.6 Å². The van der Waals surface area contributed by atoms with Crippen molar-refractivity contribution in [1.82, 2.24) is 19.6 Å². The van der Waals surface area contributed by atoms with Gasteiger partial charge < -0.3 is 0 Å². The van der Waals surface area contributed by atoms with Crippen molar-refractivity contribution in [3.05, 3.63) is 12.0 Å². The Morgan fingerprint density at radius 1 is 1.33 bits per heavy atom. The molecule has 4 nitrogen and oxygen atoms in total. The first kappa shape index (κ1) is 7.54. The molecular weight excluding hydrogens is 172 g/mol. The fourth-order valence-corrected chi connectivity index (χ4v) is 1.58. The second-order valence-electron chi connectivity index (χ2n) is 2.84. The van der Waals surface area contributed by atoms with Crippen LogP contribution >= 0.6 is 11.5 Å². The van der Waals surface area contributed by atoms with Crippen LogP contribution in [-0.2, 0) is 0 Å². The lowest BCUT2D eigenvalue weighted by atomic mass is 10.1. The van der Waals surface area contributed by atoms with Crippen LogP contribution in [0.2, 0.25) is 0 Å². The number of nitrogens with zero attached hydrogens (tertiary/aromatic N) is 4. The molecule has 2 rings (SSSR count). The van der Waals surface area contributed by atoms with Crippen molar-refractivity contribution >= 4 is 21.9 Å². The van der Waals surface area contributed by atoms with Crippen LogP contribution in [0.15, 0.2) is 6.33 Å². The number of fused-ring (bicyclic) bond motifs is 1. The molecule has 0 radical (unpaired) electrons. The van der Waals surface area contributed by atoms with Crippen molar-refractivity contribution in [2.24, 2.45) is 0 Å². The van der Waals surface area contributed by atoms with Gasteiger partial charge in [0.2, 0.25) is 0 Å². The molecule has 12 heavy (non-hydrogen) atoms. The van der Waals surface area contributed by atoms with Gasteiger partial charge in [-0.05, 0) is 5.92 Å². The van der Waals surface area contributed by atoms with Gasteiger partial charge >= 0.3 is 0 Å². The van der Waals surface area contributed by atoms with Gasteiger partial charge in [-0.3, -0.25) is 0 Å². The van der Waals surface area contributed by atoms with Crippen molar-refractivity contribution in [3.63, 3.8) is 0 Å². The maximum Gasteiger partial charge on any atom is 0.167 e. The lowest BCUT2D eigenvalue weighted by Gasteiger charge is -2.01. The van der Waals surface area contributed by atoms with Crippen LogP contribution in [0.3, 0.4) is 0 Å². The van der Waals surface area contributed by atoms with Crippen molar-refractivity contribution < 1.29 is 0 Å². The Kier molecular flexibility index (Phi) is 1.73. The summed E-state index contributed by atoms with van der Waals surface area (Å²) in [6, 6.07) is 0. The quantitative estimate of drug-likeness (QED) is 0.669. The van der Waals surface area contributed by atoms with E-state index in [1.54, 1.807) is 6.33 Å². The third kappa shape index (κ3) is 1.06. The highest BCUT2D eigenvalue weighted by atomic mass is 32.1. The van der Waals surface area contributed by atoms with Gasteiger partial charge in [0.25, 0.3) is 0 Å². The predicted octanol–water partition coefficient (Wildman–Crippen LogP) is 1.60. The van der Waals surface area contributed by atoms with E-state index in [2.05, 4.69) is 33.4 Å². The molecule has 2 aromatic rings. The minimum atomic E-state index is 0.374. The second kappa shape index (κ2) is 2.75. The van der Waals surface area contributed by atoms with Crippen LogP contribution < -0.4 is 0 Å². The number of aromatic nitrogens is 4. The zero-order chi connectivity index (χ0) is 8.55. The third-order valence-corrected chi connectivity index (χ3v) is 2.27. The number of hydrogen-bond donors (Lipinski definition) is 0. The van der Waals surface area contributed by atoms with E-state index in [1.807, 2.05) is 0 Å². The maximum atomic E-state index is 4.17. The Hall–Kier alpha value is -1.10. The molecule has 0 aliphatic heterocycles. The lowest BCUT2D eigenvalue weighted by Crippen LogP contribution is -1.94. The van der Waals surface area contributed by atoms with E-state index in [0.717, 1.165) is 16.0 Å². The monoisotopic (exact) mass is 180 g/mol. The van der Waals surface area contributed by atoms with Crippen LogP contribution in [0.25, 0.3) is 10.3 Å². The molecule has 2 heterocycles. The molecule has 2 aromatic heterocycles. The molecule has 0 N–H and O–H groups in total. The minimum Gasteiger partial charge on any atom is -0.239 e. The van der Waals surface area contributed by atoms with Gasteiger partial charge in [-0.2, -0.15) is 0 Å². The number of rotatable bonds is 1. The van der Waals surface area contributed by atoms with Gasteiger partial charge in [0.1, 0.15) is 11.8 Å². The van der Waals surface area contributed by atoms with E-state index >= 15 is 0 Å². The highest BCUT2D eigenvalue weighted by molar-refractivity contribution is 7.12. The molecule has 0 spiro atoms. The average molecular weight is 180 g/mol. The van der Waals surface area contributed by atoms with E-state index in [9.17, 15) is 0 Å². The summed E-state index contributed by atoms with van der Waals surface area (Å²) >= 11 is 1.31. The zero-order valence-corrected chi connectivity index (χ0v) is 7.67. The van der Waals surface area contributed by atoms with Crippen molar-refractivity contribution in [3.8, 4) is 0 Å². The smallest absolute Gasteiger partial charge is 0.167 e. The molecule has 0 unspecified atom stereocenters. The van der Waals surface area contributed by atoms with E-state index in [1.165, 1.54) is 11.5 Å². The van der Waals surface area contributed by atoms with E-state index < -0.39 is 0 Å². The van der Waals surface area contributed by atoms with Crippen LogP contribution in [0.1, 0.15) is 25.5 Å². The minimum absolute atomic E-state index is 0.374. The fraction of sp³-hybridized carbons (Fsp3) is 0.429.